The molecule has 0 saturated heterocycles. The molecule has 11 rings (SSSR count). The molecular weight excluding hydrogens is 724 g/mol. The van der Waals surface area contributed by atoms with Crippen LogP contribution in [0.2, 0.25) is 0 Å². The van der Waals surface area contributed by atoms with E-state index in [0.29, 0.717) is 5.56 Å². The number of aromatic nitrogens is 1. The van der Waals surface area contributed by atoms with E-state index in [9.17, 15) is 0 Å². The van der Waals surface area contributed by atoms with Crippen molar-refractivity contribution in [3.63, 3.8) is 0 Å². The molecule has 0 bridgehead atoms. The van der Waals surface area contributed by atoms with Crippen molar-refractivity contribution < 1.29 is 4.79 Å². The van der Waals surface area contributed by atoms with E-state index >= 15 is 4.79 Å². The van der Waals surface area contributed by atoms with E-state index < -0.39 is 5.41 Å². The Labute approximate surface area is 321 Å². The number of fused-ring (bicyclic) bond motifs is 11. The number of carbonyl (C=O) groups is 1. The molecule has 1 aromatic heterocycles. The summed E-state index contributed by atoms with van der Waals surface area (Å²) in [5, 5.41) is 2.43. The molecule has 3 nitrogen and oxygen atoms in total. The van der Waals surface area contributed by atoms with Crippen LogP contribution in [0.5, 0.6) is 0 Å². The monoisotopic (exact) mass is 754 g/mol. The summed E-state index contributed by atoms with van der Waals surface area (Å²) in [5.74, 6) is -0.0869. The highest BCUT2D eigenvalue weighted by Gasteiger charge is 2.52. The molecule has 8 aromatic carbocycles. The largest absolute Gasteiger partial charge is 0.309 e. The number of carbonyl (C=O) groups excluding carboxylic acids is 1. The third-order valence-corrected chi connectivity index (χ3v) is 12.1. The molecule has 0 N–H and O–H groups in total. The highest BCUT2D eigenvalue weighted by atomic mass is 79.9. The van der Waals surface area contributed by atoms with Crippen LogP contribution in [0.1, 0.15) is 32.6 Å². The fourth-order valence-electron chi connectivity index (χ4n) is 9.21. The topological polar surface area (TPSA) is 25.2 Å². The van der Waals surface area contributed by atoms with Gasteiger partial charge in [-0.15, -0.1) is 0 Å². The number of halogens is 1. The third-order valence-electron chi connectivity index (χ3n) is 11.5. The summed E-state index contributed by atoms with van der Waals surface area (Å²) < 4.78 is 3.22. The van der Waals surface area contributed by atoms with Crippen LogP contribution in [0, 0.1) is 0 Å². The molecule has 254 valence electrons. The van der Waals surface area contributed by atoms with Crippen molar-refractivity contribution in [2.45, 2.75) is 5.41 Å². The summed E-state index contributed by atoms with van der Waals surface area (Å²) in [4.78, 5) is 17.1. The molecule has 0 unspecified atom stereocenters. The van der Waals surface area contributed by atoms with Gasteiger partial charge in [0.25, 0.3) is 5.91 Å². The van der Waals surface area contributed by atoms with Gasteiger partial charge in [0.1, 0.15) is 0 Å². The molecule has 2 aliphatic rings. The molecule has 2 aliphatic heterocycles. The maximum Gasteiger partial charge on any atom is 0.263 e. The van der Waals surface area contributed by atoms with Gasteiger partial charge in [0.05, 0.1) is 39.1 Å². The lowest BCUT2D eigenvalue weighted by Gasteiger charge is -2.48. The molecule has 54 heavy (non-hydrogen) atoms. The van der Waals surface area contributed by atoms with Crippen molar-refractivity contribution in [2.24, 2.45) is 0 Å². The smallest absolute Gasteiger partial charge is 0.263 e. The second kappa shape index (κ2) is 11.8. The average Bonchev–Trinajstić information content (AvgIpc) is 3.58. The van der Waals surface area contributed by atoms with E-state index in [1.165, 1.54) is 32.9 Å². The maximum absolute atomic E-state index is 15.2. The van der Waals surface area contributed by atoms with Gasteiger partial charge in [0, 0.05) is 15.2 Å². The van der Waals surface area contributed by atoms with Gasteiger partial charge in [-0.1, -0.05) is 140 Å². The minimum absolute atomic E-state index is 0.0869. The fraction of sp³-hybridized carbons (Fsp3) is 0.0200. The lowest BCUT2D eigenvalue weighted by molar-refractivity contribution is 0.0997. The Morgan fingerprint density at radius 1 is 0.444 bits per heavy atom. The third kappa shape index (κ3) is 4.20. The summed E-state index contributed by atoms with van der Waals surface area (Å²) in [6.07, 6.45) is 0. The van der Waals surface area contributed by atoms with Gasteiger partial charge in [-0.2, -0.15) is 0 Å². The van der Waals surface area contributed by atoms with Gasteiger partial charge in [-0.25, -0.2) is 0 Å². The molecule has 0 aliphatic carbocycles. The van der Waals surface area contributed by atoms with Gasteiger partial charge in [0.2, 0.25) is 0 Å². The van der Waals surface area contributed by atoms with E-state index in [4.69, 9.17) is 0 Å². The summed E-state index contributed by atoms with van der Waals surface area (Å²) in [6.45, 7) is 0. The van der Waals surface area contributed by atoms with Crippen LogP contribution in [0.15, 0.2) is 193 Å². The molecule has 3 heterocycles. The van der Waals surface area contributed by atoms with E-state index in [2.05, 4.69) is 184 Å². The van der Waals surface area contributed by atoms with E-state index in [1.807, 2.05) is 29.2 Å². The number of amides is 1. The minimum atomic E-state index is -0.786. The van der Waals surface area contributed by atoms with Crippen LogP contribution >= 0.6 is 15.9 Å². The normalized spacial score (nSPS) is 13.5. The van der Waals surface area contributed by atoms with Crippen molar-refractivity contribution >= 4 is 55.0 Å². The highest BCUT2D eigenvalue weighted by molar-refractivity contribution is 9.10. The Hall–Kier alpha value is -6.49. The number of anilines is 2. The number of hydrogen-bond acceptors (Lipinski definition) is 1. The lowest BCUT2D eigenvalue weighted by atomic mass is 9.60. The Balaban J connectivity index is 1.34. The number of para-hydroxylation sites is 3. The van der Waals surface area contributed by atoms with Crippen molar-refractivity contribution in [1.82, 2.24) is 4.57 Å². The van der Waals surface area contributed by atoms with Gasteiger partial charge in [-0.3, -0.25) is 9.69 Å². The number of nitrogens with zero attached hydrogens (tertiary/aromatic N) is 2. The van der Waals surface area contributed by atoms with Crippen LogP contribution in [0.4, 0.5) is 11.4 Å². The van der Waals surface area contributed by atoms with Gasteiger partial charge in [-0.05, 0) is 109 Å². The molecule has 0 radical (unpaired) electrons. The average molecular weight is 756 g/mol. The lowest BCUT2D eigenvalue weighted by Crippen LogP contribution is -2.43. The van der Waals surface area contributed by atoms with Gasteiger partial charge in [0.15, 0.2) is 0 Å². The van der Waals surface area contributed by atoms with E-state index in [0.717, 1.165) is 54.9 Å². The summed E-state index contributed by atoms with van der Waals surface area (Å²) in [5.41, 5.74) is 14.0. The van der Waals surface area contributed by atoms with Gasteiger partial charge >= 0.3 is 0 Å². The van der Waals surface area contributed by atoms with Crippen molar-refractivity contribution in [3.05, 3.63) is 220 Å². The maximum atomic E-state index is 15.2. The van der Waals surface area contributed by atoms with Crippen molar-refractivity contribution in [3.8, 4) is 27.9 Å². The molecule has 0 fully saturated rings. The molecular formula is C50H31BrN2O. The second-order valence-electron chi connectivity index (χ2n) is 14.1. The van der Waals surface area contributed by atoms with Crippen LogP contribution in [0.25, 0.3) is 49.7 Å². The molecule has 9 aromatic rings. The first-order chi connectivity index (χ1) is 26.6. The standard InChI is InChI=1S/C50H31BrN2O/c51-43-23-10-7-19-38(43)49(54)53-46-28-26-34(32-14-3-1-4-15-32)30-41(46)50(42-31-35(27-29-47(42)53)33-16-5-2-6-17-33)39-21-9-12-25-45(39)52-44-24-11-8-18-36(44)37-20-13-22-40(50)48(37)52/h1-31H. The Bertz CT molecular complexity index is 2890. The summed E-state index contributed by atoms with van der Waals surface area (Å²) >= 11 is 3.72. The predicted octanol–water partition coefficient (Wildman–Crippen LogP) is 12.9. The number of hydrogen-bond donors (Lipinski definition) is 0. The molecule has 1 spiro atoms. The van der Waals surface area contributed by atoms with E-state index in [1.54, 1.807) is 0 Å². The molecule has 0 atom stereocenters. The molecule has 4 heteroatoms. The second-order valence-corrected chi connectivity index (χ2v) is 15.0. The Morgan fingerprint density at radius 3 is 1.69 bits per heavy atom. The van der Waals surface area contributed by atoms with Crippen LogP contribution < -0.4 is 4.90 Å². The minimum Gasteiger partial charge on any atom is -0.309 e. The van der Waals surface area contributed by atoms with Crippen LogP contribution in [-0.4, -0.2) is 10.5 Å². The number of benzene rings is 8. The molecule has 0 saturated carbocycles. The first-order valence-electron chi connectivity index (χ1n) is 18.3. The highest BCUT2D eigenvalue weighted by Crippen LogP contribution is 2.61. The Kier molecular flexibility index (Phi) is 6.77. The predicted molar refractivity (Wildman–Crippen MR) is 224 cm³/mol. The zero-order valence-electron chi connectivity index (χ0n) is 29.1. The first kappa shape index (κ1) is 31.1. The summed E-state index contributed by atoms with van der Waals surface area (Å²) in [7, 11) is 0. The molecule has 1 amide bonds. The van der Waals surface area contributed by atoms with Crippen LogP contribution in [0.3, 0.4) is 0 Å². The van der Waals surface area contributed by atoms with Crippen LogP contribution in [-0.2, 0) is 5.41 Å². The fourth-order valence-corrected chi connectivity index (χ4v) is 9.67. The van der Waals surface area contributed by atoms with Crippen molar-refractivity contribution in [1.29, 1.82) is 0 Å². The van der Waals surface area contributed by atoms with Gasteiger partial charge < -0.3 is 4.57 Å². The SMILES string of the molecule is O=C(c1ccccc1Br)N1c2ccc(-c3ccccc3)cc2C2(c3cc(-c4ccccc4)ccc31)c1ccccc1-n1c3ccccc3c3cccc2c31. The Morgan fingerprint density at radius 2 is 1.00 bits per heavy atom. The van der Waals surface area contributed by atoms with Crippen molar-refractivity contribution in [2.75, 3.05) is 4.90 Å². The zero-order valence-corrected chi connectivity index (χ0v) is 30.7. The zero-order chi connectivity index (χ0) is 36.0. The summed E-state index contributed by atoms with van der Waals surface area (Å²) in [6, 6.07) is 66.6. The quantitative estimate of drug-likeness (QED) is 0.176. The van der Waals surface area contributed by atoms with E-state index in [-0.39, 0.29) is 5.91 Å². The first-order valence-corrected chi connectivity index (χ1v) is 19.1. The number of rotatable bonds is 3.